The molecular formula is C7H10FNO. The lowest BCUT2D eigenvalue weighted by Gasteiger charge is -2.14. The second kappa shape index (κ2) is 2.82. The average Bonchev–Trinajstić information content (AvgIpc) is 1.88. The molecule has 0 aromatic heterocycles. The third-order valence-electron chi connectivity index (χ3n) is 1.71. The minimum atomic E-state index is -0.645. The van der Waals surface area contributed by atoms with Gasteiger partial charge in [0.15, 0.2) is 0 Å². The number of hydrogen-bond donors (Lipinski definition) is 1. The van der Waals surface area contributed by atoms with Gasteiger partial charge >= 0.3 is 0 Å². The van der Waals surface area contributed by atoms with Crippen LogP contribution in [-0.2, 0) is 4.79 Å². The second-order valence-corrected chi connectivity index (χ2v) is 2.47. The summed E-state index contributed by atoms with van der Waals surface area (Å²) in [4.78, 5) is 10.5. The minimum absolute atomic E-state index is 0.348. The zero-order valence-electron chi connectivity index (χ0n) is 5.64. The fourth-order valence-corrected chi connectivity index (χ4v) is 1.12. The summed E-state index contributed by atoms with van der Waals surface area (Å²) >= 11 is 0. The van der Waals surface area contributed by atoms with E-state index in [-0.39, 0.29) is 5.83 Å². The molecule has 2 nitrogen and oxygen atoms in total. The topological polar surface area (TPSA) is 43.1 Å². The van der Waals surface area contributed by atoms with Gasteiger partial charge in [-0.2, -0.15) is 0 Å². The Hall–Kier alpha value is -0.860. The summed E-state index contributed by atoms with van der Waals surface area (Å²) in [6.45, 7) is 0. The number of rotatable bonds is 1. The number of allylic oxidation sites excluding steroid dienone is 1. The largest absolute Gasteiger partial charge is 0.369 e. The van der Waals surface area contributed by atoms with Crippen LogP contribution in [0.3, 0.4) is 0 Å². The van der Waals surface area contributed by atoms with E-state index in [9.17, 15) is 9.18 Å². The van der Waals surface area contributed by atoms with Crippen molar-refractivity contribution in [3.63, 3.8) is 0 Å². The quantitative estimate of drug-likeness (QED) is 0.587. The first-order valence-electron chi connectivity index (χ1n) is 3.36. The minimum Gasteiger partial charge on any atom is -0.369 e. The highest BCUT2D eigenvalue weighted by molar-refractivity contribution is 5.79. The van der Waals surface area contributed by atoms with E-state index in [0.29, 0.717) is 6.42 Å². The second-order valence-electron chi connectivity index (χ2n) is 2.47. The van der Waals surface area contributed by atoms with E-state index in [4.69, 9.17) is 5.73 Å². The Morgan fingerprint density at radius 2 is 2.50 bits per heavy atom. The summed E-state index contributed by atoms with van der Waals surface area (Å²) in [5.74, 6) is -1.54. The van der Waals surface area contributed by atoms with Gasteiger partial charge in [-0.25, -0.2) is 4.39 Å². The standard InChI is InChI=1S/C7H10FNO/c8-6-4-2-1-3-5(6)7(9)10/h4-5H,1-3H2,(H2,9,10). The molecule has 0 saturated carbocycles. The van der Waals surface area contributed by atoms with Crippen molar-refractivity contribution in [3.05, 3.63) is 11.9 Å². The molecule has 0 bridgehead atoms. The smallest absolute Gasteiger partial charge is 0.227 e. The Kier molecular flexibility index (Phi) is 2.04. The van der Waals surface area contributed by atoms with Crippen LogP contribution in [0.4, 0.5) is 4.39 Å². The van der Waals surface area contributed by atoms with Crippen LogP contribution in [-0.4, -0.2) is 5.91 Å². The van der Waals surface area contributed by atoms with Gasteiger partial charge in [0.05, 0.1) is 5.92 Å². The molecule has 0 aromatic carbocycles. The third-order valence-corrected chi connectivity index (χ3v) is 1.71. The van der Waals surface area contributed by atoms with Gasteiger partial charge in [0.25, 0.3) is 0 Å². The molecule has 0 aliphatic heterocycles. The molecule has 2 N–H and O–H groups in total. The molecule has 1 unspecified atom stereocenters. The van der Waals surface area contributed by atoms with Gasteiger partial charge in [-0.15, -0.1) is 0 Å². The van der Waals surface area contributed by atoms with Gasteiger partial charge in [0.2, 0.25) is 5.91 Å². The highest BCUT2D eigenvalue weighted by Gasteiger charge is 2.22. The molecule has 10 heavy (non-hydrogen) atoms. The van der Waals surface area contributed by atoms with Crippen LogP contribution in [0.5, 0.6) is 0 Å². The zero-order valence-corrected chi connectivity index (χ0v) is 5.64. The fourth-order valence-electron chi connectivity index (χ4n) is 1.12. The van der Waals surface area contributed by atoms with E-state index >= 15 is 0 Å². The number of hydrogen-bond acceptors (Lipinski definition) is 1. The fraction of sp³-hybridized carbons (Fsp3) is 0.571. The highest BCUT2D eigenvalue weighted by atomic mass is 19.1. The molecule has 3 heteroatoms. The van der Waals surface area contributed by atoms with Gasteiger partial charge in [0.1, 0.15) is 5.83 Å². The van der Waals surface area contributed by atoms with Gasteiger partial charge in [-0.05, 0) is 19.3 Å². The molecule has 1 aliphatic rings. The van der Waals surface area contributed by atoms with Crippen LogP contribution < -0.4 is 5.73 Å². The van der Waals surface area contributed by atoms with Crippen LogP contribution in [0.2, 0.25) is 0 Å². The summed E-state index contributed by atoms with van der Waals surface area (Å²) in [6.07, 6.45) is 3.60. The summed E-state index contributed by atoms with van der Waals surface area (Å²) in [5, 5.41) is 0. The number of primary amides is 1. The zero-order chi connectivity index (χ0) is 7.56. The maximum Gasteiger partial charge on any atom is 0.227 e. The van der Waals surface area contributed by atoms with Crippen molar-refractivity contribution in [2.45, 2.75) is 19.3 Å². The number of carbonyl (C=O) groups excluding carboxylic acids is 1. The van der Waals surface area contributed by atoms with E-state index in [0.717, 1.165) is 12.8 Å². The molecule has 0 spiro atoms. The predicted molar refractivity (Wildman–Crippen MR) is 35.7 cm³/mol. The lowest BCUT2D eigenvalue weighted by Crippen LogP contribution is -2.25. The Bertz CT molecular complexity index is 176. The number of halogens is 1. The third kappa shape index (κ3) is 1.35. The maximum atomic E-state index is 12.7. The molecule has 1 rings (SSSR count). The van der Waals surface area contributed by atoms with E-state index in [1.54, 1.807) is 0 Å². The van der Waals surface area contributed by atoms with Crippen LogP contribution in [0.1, 0.15) is 19.3 Å². The summed E-state index contributed by atoms with van der Waals surface area (Å²) in [5.41, 5.74) is 4.94. The molecule has 0 heterocycles. The summed E-state index contributed by atoms with van der Waals surface area (Å²) in [7, 11) is 0. The number of nitrogens with two attached hydrogens (primary N) is 1. The van der Waals surface area contributed by atoms with E-state index in [1.807, 2.05) is 0 Å². The molecule has 0 aromatic rings. The van der Waals surface area contributed by atoms with Crippen LogP contribution in [0, 0.1) is 5.92 Å². The molecule has 1 amide bonds. The Labute approximate surface area is 58.9 Å². The van der Waals surface area contributed by atoms with Crippen LogP contribution in [0.25, 0.3) is 0 Å². The van der Waals surface area contributed by atoms with Crippen LogP contribution >= 0.6 is 0 Å². The molecule has 0 fully saturated rings. The summed E-state index contributed by atoms with van der Waals surface area (Å²) < 4.78 is 12.7. The van der Waals surface area contributed by atoms with Crippen LogP contribution in [0.15, 0.2) is 11.9 Å². The Morgan fingerprint density at radius 1 is 1.80 bits per heavy atom. The molecule has 56 valence electrons. The molecular weight excluding hydrogens is 133 g/mol. The SMILES string of the molecule is NC(=O)C1CCCC=C1F. The monoisotopic (exact) mass is 143 g/mol. The maximum absolute atomic E-state index is 12.7. The van der Waals surface area contributed by atoms with Crippen molar-refractivity contribution in [1.29, 1.82) is 0 Å². The van der Waals surface area contributed by atoms with Gasteiger partial charge in [-0.3, -0.25) is 4.79 Å². The highest BCUT2D eigenvalue weighted by Crippen LogP contribution is 2.24. The van der Waals surface area contributed by atoms with E-state index < -0.39 is 11.8 Å². The first-order chi connectivity index (χ1) is 4.72. The molecule has 0 radical (unpaired) electrons. The molecule has 1 atom stereocenters. The van der Waals surface area contributed by atoms with Gasteiger partial charge < -0.3 is 5.73 Å². The van der Waals surface area contributed by atoms with Crippen molar-refractivity contribution in [3.8, 4) is 0 Å². The van der Waals surface area contributed by atoms with E-state index in [2.05, 4.69) is 0 Å². The molecule has 1 aliphatic carbocycles. The lowest BCUT2D eigenvalue weighted by molar-refractivity contribution is -0.121. The van der Waals surface area contributed by atoms with Crippen molar-refractivity contribution in [1.82, 2.24) is 0 Å². The predicted octanol–water partition coefficient (Wildman–Crippen LogP) is 1.13. The van der Waals surface area contributed by atoms with Gasteiger partial charge in [-0.1, -0.05) is 6.08 Å². The van der Waals surface area contributed by atoms with Crippen molar-refractivity contribution in [2.24, 2.45) is 11.7 Å². The first-order valence-corrected chi connectivity index (χ1v) is 3.36. The average molecular weight is 143 g/mol. The van der Waals surface area contributed by atoms with Crippen molar-refractivity contribution in [2.75, 3.05) is 0 Å². The normalized spacial score (nSPS) is 25.7. The number of amides is 1. The molecule has 0 saturated heterocycles. The Morgan fingerprint density at radius 3 is 2.90 bits per heavy atom. The first kappa shape index (κ1) is 7.25. The Balaban J connectivity index is 2.67. The van der Waals surface area contributed by atoms with Crippen molar-refractivity contribution >= 4 is 5.91 Å². The van der Waals surface area contributed by atoms with Crippen molar-refractivity contribution < 1.29 is 9.18 Å². The van der Waals surface area contributed by atoms with Gasteiger partial charge in [0, 0.05) is 0 Å². The lowest BCUT2D eigenvalue weighted by atomic mass is 9.94. The number of carbonyl (C=O) groups is 1. The summed E-state index contributed by atoms with van der Waals surface area (Å²) in [6, 6.07) is 0. The van der Waals surface area contributed by atoms with E-state index in [1.165, 1.54) is 6.08 Å².